The Hall–Kier alpha value is -1.53. The van der Waals surface area contributed by atoms with Gasteiger partial charge in [0.2, 0.25) is 0 Å². The number of nitrogens with zero attached hydrogens (tertiary/aromatic N) is 4. The molecule has 6 heteroatoms. The maximum Gasteiger partial charge on any atom is 0.147 e. The number of rotatable bonds is 5. The van der Waals surface area contributed by atoms with E-state index in [1.807, 2.05) is 30.3 Å². The molecule has 5 nitrogen and oxygen atoms in total. The van der Waals surface area contributed by atoms with Crippen molar-refractivity contribution in [1.82, 2.24) is 19.7 Å². The van der Waals surface area contributed by atoms with Crippen molar-refractivity contribution in [3.8, 4) is 0 Å². The van der Waals surface area contributed by atoms with Crippen molar-refractivity contribution in [3.05, 3.63) is 42.0 Å². The normalized spacial score (nSPS) is 16.7. The average Bonchev–Trinajstić information content (AvgIpc) is 2.96. The molecule has 1 aliphatic rings. The predicted molar refractivity (Wildman–Crippen MR) is 87.1 cm³/mol. The van der Waals surface area contributed by atoms with Crippen LogP contribution in [0.5, 0.6) is 0 Å². The molecule has 1 aromatic heterocycles. The highest BCUT2D eigenvalue weighted by Crippen LogP contribution is 2.18. The maximum atomic E-state index is 12.3. The van der Waals surface area contributed by atoms with E-state index in [1.54, 1.807) is 0 Å². The Morgan fingerprint density at radius 3 is 2.68 bits per heavy atom. The number of hydrogen-bond donors (Lipinski definition) is 0. The van der Waals surface area contributed by atoms with E-state index in [1.165, 1.54) is 0 Å². The molecule has 0 N–H and O–H groups in total. The zero-order valence-corrected chi connectivity index (χ0v) is 13.9. The van der Waals surface area contributed by atoms with Crippen molar-refractivity contribution in [1.29, 1.82) is 0 Å². The number of aromatic nitrogens is 3. The molecular weight excluding hydrogens is 296 g/mol. The first-order valence-corrected chi connectivity index (χ1v) is 9.05. The molecule has 22 heavy (non-hydrogen) atoms. The minimum absolute atomic E-state index is 0.401. The first-order chi connectivity index (χ1) is 10.6. The van der Waals surface area contributed by atoms with Gasteiger partial charge in [0.1, 0.15) is 11.6 Å². The third-order valence-corrected chi connectivity index (χ3v) is 5.33. The zero-order valence-electron chi connectivity index (χ0n) is 13.1. The lowest BCUT2D eigenvalue weighted by Crippen LogP contribution is -2.36. The third-order valence-electron chi connectivity index (χ3n) is 3.98. The van der Waals surface area contributed by atoms with Crippen molar-refractivity contribution in [2.45, 2.75) is 37.8 Å². The fraction of sp³-hybridized carbons (Fsp3) is 0.500. The summed E-state index contributed by atoms with van der Waals surface area (Å²) in [4.78, 5) is 3.22. The highest BCUT2D eigenvalue weighted by atomic mass is 32.2. The van der Waals surface area contributed by atoms with Crippen molar-refractivity contribution in [2.24, 2.45) is 0 Å². The lowest BCUT2D eigenvalue weighted by molar-refractivity contribution is 0.227. The van der Waals surface area contributed by atoms with Crippen LogP contribution in [0.2, 0.25) is 0 Å². The van der Waals surface area contributed by atoms with Gasteiger partial charge in [-0.25, -0.2) is 0 Å². The van der Waals surface area contributed by atoms with E-state index in [2.05, 4.69) is 33.5 Å². The topological polar surface area (TPSA) is 51.0 Å². The summed E-state index contributed by atoms with van der Waals surface area (Å²) in [6.45, 7) is 7.81. The highest BCUT2D eigenvalue weighted by Gasteiger charge is 2.22. The Morgan fingerprint density at radius 2 is 1.95 bits per heavy atom. The van der Waals surface area contributed by atoms with Crippen molar-refractivity contribution < 1.29 is 4.21 Å². The van der Waals surface area contributed by atoms with E-state index < -0.39 is 10.8 Å². The predicted octanol–water partition coefficient (Wildman–Crippen LogP) is 2.02. The molecule has 0 saturated heterocycles. The zero-order chi connectivity index (χ0) is 15.5. The summed E-state index contributed by atoms with van der Waals surface area (Å²) >= 11 is 0. The molecule has 0 bridgehead atoms. The monoisotopic (exact) mass is 318 g/mol. The Bertz CT molecular complexity index is 653. The summed E-state index contributed by atoms with van der Waals surface area (Å²) in [5.74, 6) is 3.16. The summed E-state index contributed by atoms with van der Waals surface area (Å²) in [5, 5.41) is 8.61. The lowest BCUT2D eigenvalue weighted by atomic mass is 10.2. The van der Waals surface area contributed by atoms with E-state index >= 15 is 0 Å². The van der Waals surface area contributed by atoms with Crippen LogP contribution in [0.25, 0.3) is 0 Å². The molecule has 0 aliphatic carbocycles. The third kappa shape index (κ3) is 3.28. The van der Waals surface area contributed by atoms with Gasteiger partial charge in [0, 0.05) is 36.2 Å². The van der Waals surface area contributed by atoms with Gasteiger partial charge in [-0.3, -0.25) is 9.11 Å². The standard InChI is InChI=1S/C16H22N4OS/c1-13(2)16-18-17-15-12-19(8-9-20(15)16)10-11-22(21)14-6-4-3-5-7-14/h3-7,13H,8-12H2,1-2H3. The van der Waals surface area contributed by atoms with Gasteiger partial charge in [-0.05, 0) is 12.1 Å². The summed E-state index contributed by atoms with van der Waals surface area (Å²) in [6.07, 6.45) is 0. The van der Waals surface area contributed by atoms with Crippen LogP contribution >= 0.6 is 0 Å². The Morgan fingerprint density at radius 1 is 1.18 bits per heavy atom. The summed E-state index contributed by atoms with van der Waals surface area (Å²) in [6, 6.07) is 9.67. The second-order valence-corrected chi connectivity index (χ2v) is 7.49. The molecule has 1 unspecified atom stereocenters. The molecule has 2 heterocycles. The van der Waals surface area contributed by atoms with Crippen molar-refractivity contribution in [2.75, 3.05) is 18.8 Å². The van der Waals surface area contributed by atoms with Gasteiger partial charge in [0.15, 0.2) is 0 Å². The molecular formula is C16H22N4OS. The Kier molecular flexibility index (Phi) is 4.69. The molecule has 0 saturated carbocycles. The molecule has 0 spiro atoms. The molecule has 0 radical (unpaired) electrons. The number of fused-ring (bicyclic) bond motifs is 1. The SMILES string of the molecule is CC(C)c1nnc2n1CCN(CCS(=O)c1ccccc1)C2. The quantitative estimate of drug-likeness (QED) is 0.846. The molecule has 0 amide bonds. The van der Waals surface area contributed by atoms with Gasteiger partial charge < -0.3 is 4.57 Å². The molecule has 0 fully saturated rings. The summed E-state index contributed by atoms with van der Waals surface area (Å²) < 4.78 is 14.5. The molecule has 118 valence electrons. The highest BCUT2D eigenvalue weighted by molar-refractivity contribution is 7.85. The summed E-state index contributed by atoms with van der Waals surface area (Å²) in [5.41, 5.74) is 0. The van der Waals surface area contributed by atoms with Crippen LogP contribution in [0.3, 0.4) is 0 Å². The Labute approximate surface area is 133 Å². The van der Waals surface area contributed by atoms with Crippen LogP contribution in [0, 0.1) is 0 Å². The van der Waals surface area contributed by atoms with E-state index in [4.69, 9.17) is 0 Å². The molecule has 2 aromatic rings. The fourth-order valence-corrected chi connectivity index (χ4v) is 3.87. The molecule has 1 atom stereocenters. The minimum atomic E-state index is -0.930. The van der Waals surface area contributed by atoms with E-state index in [0.29, 0.717) is 11.7 Å². The fourth-order valence-electron chi connectivity index (χ4n) is 2.75. The van der Waals surface area contributed by atoms with Gasteiger partial charge in [0.25, 0.3) is 0 Å². The molecule has 1 aromatic carbocycles. The van der Waals surface area contributed by atoms with Crippen LogP contribution in [0.1, 0.15) is 31.4 Å². The second kappa shape index (κ2) is 6.71. The van der Waals surface area contributed by atoms with Crippen LogP contribution < -0.4 is 0 Å². The van der Waals surface area contributed by atoms with Crippen molar-refractivity contribution in [3.63, 3.8) is 0 Å². The van der Waals surface area contributed by atoms with Crippen molar-refractivity contribution >= 4 is 10.8 Å². The van der Waals surface area contributed by atoms with Gasteiger partial charge in [-0.2, -0.15) is 0 Å². The second-order valence-electron chi connectivity index (χ2n) is 5.92. The molecule has 3 rings (SSSR count). The van der Waals surface area contributed by atoms with Gasteiger partial charge in [-0.1, -0.05) is 32.0 Å². The van der Waals surface area contributed by atoms with E-state index in [0.717, 1.165) is 42.7 Å². The maximum absolute atomic E-state index is 12.3. The van der Waals surface area contributed by atoms with Crippen LogP contribution in [-0.2, 0) is 23.9 Å². The first kappa shape index (κ1) is 15.4. The van der Waals surface area contributed by atoms with Gasteiger partial charge in [-0.15, -0.1) is 10.2 Å². The number of benzene rings is 1. The van der Waals surface area contributed by atoms with Crippen LogP contribution in [0.15, 0.2) is 35.2 Å². The van der Waals surface area contributed by atoms with Crippen LogP contribution in [0.4, 0.5) is 0 Å². The number of hydrogen-bond acceptors (Lipinski definition) is 4. The minimum Gasteiger partial charge on any atom is -0.312 e. The Balaban J connectivity index is 1.58. The van der Waals surface area contributed by atoms with E-state index in [9.17, 15) is 4.21 Å². The van der Waals surface area contributed by atoms with E-state index in [-0.39, 0.29) is 0 Å². The smallest absolute Gasteiger partial charge is 0.147 e. The van der Waals surface area contributed by atoms with Gasteiger partial charge >= 0.3 is 0 Å². The van der Waals surface area contributed by atoms with Gasteiger partial charge in [0.05, 0.1) is 17.3 Å². The average molecular weight is 318 g/mol. The van der Waals surface area contributed by atoms with Crippen LogP contribution in [-0.4, -0.2) is 42.7 Å². The first-order valence-electron chi connectivity index (χ1n) is 7.73. The lowest BCUT2D eigenvalue weighted by Gasteiger charge is -2.27. The largest absolute Gasteiger partial charge is 0.312 e. The summed E-state index contributed by atoms with van der Waals surface area (Å²) in [7, 11) is -0.930. The molecule has 1 aliphatic heterocycles.